The lowest BCUT2D eigenvalue weighted by atomic mass is 10.1. The number of fused-ring (bicyclic) bond motifs is 1. The van der Waals surface area contributed by atoms with Crippen molar-refractivity contribution in [2.75, 3.05) is 39.1 Å². The molecule has 0 unspecified atom stereocenters. The maximum absolute atomic E-state index is 12.4. The van der Waals surface area contributed by atoms with Crippen LogP contribution < -0.4 is 15.8 Å². The molecule has 1 amide bonds. The molecule has 0 spiro atoms. The summed E-state index contributed by atoms with van der Waals surface area (Å²) in [5.74, 6) is 0.171. The maximum atomic E-state index is 12.4. The first-order chi connectivity index (χ1) is 11.1. The number of nitrogen functional groups attached to an aromatic ring is 1. The number of carbonyl (C=O) groups is 1. The summed E-state index contributed by atoms with van der Waals surface area (Å²) in [7, 11) is 1.50. The van der Waals surface area contributed by atoms with Crippen molar-refractivity contribution in [1.82, 2.24) is 10.2 Å². The second-order valence-electron chi connectivity index (χ2n) is 6.03. The zero-order chi connectivity index (χ0) is 16.4. The van der Waals surface area contributed by atoms with Crippen LogP contribution >= 0.6 is 11.6 Å². The van der Waals surface area contributed by atoms with Crippen molar-refractivity contribution >= 4 is 23.2 Å². The number of rotatable bonds is 4. The van der Waals surface area contributed by atoms with Gasteiger partial charge in [0.05, 0.1) is 36.1 Å². The zero-order valence-electron chi connectivity index (χ0n) is 13.2. The Morgan fingerprint density at radius 2 is 2.39 bits per heavy atom. The number of morpholine rings is 1. The number of halogens is 1. The summed E-state index contributed by atoms with van der Waals surface area (Å²) in [5.41, 5.74) is 6.50. The van der Waals surface area contributed by atoms with Crippen molar-refractivity contribution < 1.29 is 14.3 Å². The number of amides is 1. The summed E-state index contributed by atoms with van der Waals surface area (Å²) in [6.45, 7) is 3.20. The molecule has 0 radical (unpaired) electrons. The van der Waals surface area contributed by atoms with Crippen LogP contribution in [0.25, 0.3) is 0 Å². The van der Waals surface area contributed by atoms with E-state index in [-0.39, 0.29) is 12.0 Å². The van der Waals surface area contributed by atoms with Crippen LogP contribution in [0.1, 0.15) is 23.2 Å². The van der Waals surface area contributed by atoms with Gasteiger partial charge in [-0.3, -0.25) is 9.69 Å². The number of nitrogens with one attached hydrogen (secondary N) is 1. The van der Waals surface area contributed by atoms with Crippen LogP contribution in [0, 0.1) is 0 Å². The summed E-state index contributed by atoms with van der Waals surface area (Å²) in [6.07, 6.45) is 2.46. The van der Waals surface area contributed by atoms with E-state index in [1.807, 2.05) is 0 Å². The van der Waals surface area contributed by atoms with Gasteiger partial charge in [0.15, 0.2) is 0 Å². The Kier molecular flexibility index (Phi) is 4.94. The van der Waals surface area contributed by atoms with Crippen molar-refractivity contribution in [2.45, 2.75) is 25.0 Å². The first-order valence-corrected chi connectivity index (χ1v) is 8.23. The number of hydrogen-bond acceptors (Lipinski definition) is 5. The standard InChI is InChI=1S/C16H22ClN3O3/c1-22-15-6-14(18)13(17)5-12(15)16(21)19-7-11-8-20-4-2-3-10(20)9-23-11/h5-6,10-11H,2-4,7-9,18H2,1H3,(H,19,21)/t10-,11+/m1/s1. The van der Waals surface area contributed by atoms with Crippen LogP contribution in [0.2, 0.25) is 5.02 Å². The Balaban J connectivity index is 1.60. The van der Waals surface area contributed by atoms with Crippen LogP contribution in [0.4, 0.5) is 5.69 Å². The van der Waals surface area contributed by atoms with Crippen molar-refractivity contribution in [3.8, 4) is 5.75 Å². The average Bonchev–Trinajstić information content (AvgIpc) is 3.02. The fourth-order valence-electron chi connectivity index (χ4n) is 3.23. The van der Waals surface area contributed by atoms with Crippen molar-refractivity contribution in [2.24, 2.45) is 0 Å². The van der Waals surface area contributed by atoms with Gasteiger partial charge in [0, 0.05) is 25.2 Å². The summed E-state index contributed by atoms with van der Waals surface area (Å²) in [4.78, 5) is 14.8. The number of nitrogens with zero attached hydrogens (tertiary/aromatic N) is 1. The SMILES string of the molecule is COc1cc(N)c(Cl)cc1C(=O)NC[C@H]1CN2CCC[C@@H]2CO1. The van der Waals surface area contributed by atoms with E-state index in [4.69, 9.17) is 26.8 Å². The largest absolute Gasteiger partial charge is 0.496 e. The first-order valence-electron chi connectivity index (χ1n) is 7.85. The van der Waals surface area contributed by atoms with Crippen LogP contribution in [-0.2, 0) is 4.74 Å². The van der Waals surface area contributed by atoms with E-state index < -0.39 is 0 Å². The van der Waals surface area contributed by atoms with E-state index in [9.17, 15) is 4.79 Å². The second-order valence-corrected chi connectivity index (χ2v) is 6.44. The summed E-state index contributed by atoms with van der Waals surface area (Å²) in [6, 6.07) is 3.64. The van der Waals surface area contributed by atoms with Gasteiger partial charge in [-0.15, -0.1) is 0 Å². The number of benzene rings is 1. The summed E-state index contributed by atoms with van der Waals surface area (Å²) in [5, 5.41) is 3.24. The molecule has 2 heterocycles. The zero-order valence-corrected chi connectivity index (χ0v) is 13.9. The van der Waals surface area contributed by atoms with Gasteiger partial charge in [0.1, 0.15) is 5.75 Å². The van der Waals surface area contributed by atoms with Crippen molar-refractivity contribution in [3.05, 3.63) is 22.7 Å². The number of methoxy groups -OCH3 is 1. The van der Waals surface area contributed by atoms with Gasteiger partial charge < -0.3 is 20.5 Å². The van der Waals surface area contributed by atoms with E-state index in [2.05, 4.69) is 10.2 Å². The third kappa shape index (κ3) is 3.54. The molecular formula is C16H22ClN3O3. The minimum absolute atomic E-state index is 0.0172. The van der Waals surface area contributed by atoms with Gasteiger partial charge in [-0.1, -0.05) is 11.6 Å². The molecule has 2 aliphatic rings. The third-order valence-electron chi connectivity index (χ3n) is 4.52. The van der Waals surface area contributed by atoms with E-state index >= 15 is 0 Å². The predicted molar refractivity (Wildman–Crippen MR) is 89.1 cm³/mol. The lowest BCUT2D eigenvalue weighted by Gasteiger charge is -2.35. The van der Waals surface area contributed by atoms with E-state index in [0.29, 0.717) is 34.6 Å². The molecule has 7 heteroatoms. The quantitative estimate of drug-likeness (QED) is 0.813. The number of ether oxygens (including phenoxy) is 2. The van der Waals surface area contributed by atoms with Gasteiger partial charge in [0.2, 0.25) is 0 Å². The minimum Gasteiger partial charge on any atom is -0.496 e. The molecule has 0 bridgehead atoms. The van der Waals surface area contributed by atoms with Crippen LogP contribution in [-0.4, -0.2) is 56.3 Å². The number of carbonyl (C=O) groups excluding carboxylic acids is 1. The van der Waals surface area contributed by atoms with E-state index in [1.165, 1.54) is 26.0 Å². The Morgan fingerprint density at radius 1 is 1.57 bits per heavy atom. The Labute approximate surface area is 140 Å². The van der Waals surface area contributed by atoms with Gasteiger partial charge in [-0.2, -0.15) is 0 Å². The topological polar surface area (TPSA) is 76.8 Å². The highest BCUT2D eigenvalue weighted by atomic mass is 35.5. The molecule has 1 aromatic carbocycles. The monoisotopic (exact) mass is 339 g/mol. The van der Waals surface area contributed by atoms with Crippen LogP contribution in [0.15, 0.2) is 12.1 Å². The number of hydrogen-bond donors (Lipinski definition) is 2. The molecule has 1 aromatic rings. The minimum atomic E-state index is -0.240. The predicted octanol–water partition coefficient (Wildman–Crippen LogP) is 1.52. The molecule has 2 saturated heterocycles. The average molecular weight is 340 g/mol. The van der Waals surface area contributed by atoms with Gasteiger partial charge in [0.25, 0.3) is 5.91 Å². The highest BCUT2D eigenvalue weighted by Gasteiger charge is 2.32. The lowest BCUT2D eigenvalue weighted by molar-refractivity contribution is -0.0461. The van der Waals surface area contributed by atoms with Crippen LogP contribution in [0.3, 0.4) is 0 Å². The fourth-order valence-corrected chi connectivity index (χ4v) is 3.39. The lowest BCUT2D eigenvalue weighted by Crippen LogP contribution is -2.50. The molecule has 3 N–H and O–H groups in total. The van der Waals surface area contributed by atoms with Crippen molar-refractivity contribution in [1.29, 1.82) is 0 Å². The van der Waals surface area contributed by atoms with Gasteiger partial charge in [-0.25, -0.2) is 0 Å². The maximum Gasteiger partial charge on any atom is 0.255 e. The molecule has 0 aliphatic carbocycles. The summed E-state index contributed by atoms with van der Waals surface area (Å²) < 4.78 is 11.1. The fraction of sp³-hybridized carbons (Fsp3) is 0.562. The highest BCUT2D eigenvalue weighted by molar-refractivity contribution is 6.33. The molecule has 2 atom stereocenters. The molecule has 0 saturated carbocycles. The molecule has 0 aromatic heterocycles. The van der Waals surface area contributed by atoms with Crippen LogP contribution in [0.5, 0.6) is 5.75 Å². The Morgan fingerprint density at radius 3 is 3.17 bits per heavy atom. The molecule has 2 fully saturated rings. The van der Waals surface area contributed by atoms with Gasteiger partial charge in [-0.05, 0) is 25.5 Å². The van der Waals surface area contributed by atoms with Gasteiger partial charge >= 0.3 is 0 Å². The third-order valence-corrected chi connectivity index (χ3v) is 4.84. The Hall–Kier alpha value is -1.50. The molecule has 3 rings (SSSR count). The first kappa shape index (κ1) is 16.4. The normalized spacial score (nSPS) is 24.3. The Bertz CT molecular complexity index is 596. The van der Waals surface area contributed by atoms with E-state index in [1.54, 1.807) is 6.07 Å². The second kappa shape index (κ2) is 6.95. The molecule has 126 valence electrons. The smallest absolute Gasteiger partial charge is 0.255 e. The molecule has 23 heavy (non-hydrogen) atoms. The summed E-state index contributed by atoms with van der Waals surface area (Å²) >= 11 is 6.00. The van der Waals surface area contributed by atoms with Crippen molar-refractivity contribution in [3.63, 3.8) is 0 Å². The number of nitrogens with two attached hydrogens (primary N) is 1. The molecule has 2 aliphatic heterocycles. The number of anilines is 1. The van der Waals surface area contributed by atoms with E-state index in [0.717, 1.165) is 19.7 Å². The molecular weight excluding hydrogens is 318 g/mol. The highest BCUT2D eigenvalue weighted by Crippen LogP contribution is 2.29. The molecule has 6 nitrogen and oxygen atoms in total.